The molecule has 0 saturated heterocycles. The van der Waals surface area contributed by atoms with Gasteiger partial charge in [0.15, 0.2) is 0 Å². The van der Waals surface area contributed by atoms with Crippen LogP contribution in [0.5, 0.6) is 0 Å². The van der Waals surface area contributed by atoms with E-state index < -0.39 is 0 Å². The molecule has 0 radical (unpaired) electrons. The number of hydrogen-bond acceptors (Lipinski definition) is 3. The molecular formula is C9H9ClN4S. The Morgan fingerprint density at radius 2 is 2.27 bits per heavy atom. The molecule has 0 bridgehead atoms. The molecule has 6 heteroatoms. The van der Waals surface area contributed by atoms with Crippen molar-refractivity contribution >= 4 is 23.8 Å². The molecule has 0 fully saturated rings. The molecule has 0 spiro atoms. The molecule has 2 N–H and O–H groups in total. The summed E-state index contributed by atoms with van der Waals surface area (Å²) in [5, 5.41) is 7.18. The van der Waals surface area contributed by atoms with E-state index in [1.165, 1.54) is 0 Å². The molecule has 0 aliphatic rings. The van der Waals surface area contributed by atoms with Crippen molar-refractivity contribution in [3.8, 4) is 0 Å². The Labute approximate surface area is 96.9 Å². The molecule has 1 heterocycles. The van der Waals surface area contributed by atoms with Crippen LogP contribution >= 0.6 is 23.8 Å². The average molecular weight is 241 g/mol. The van der Waals surface area contributed by atoms with Crippen molar-refractivity contribution < 1.29 is 0 Å². The maximum atomic E-state index is 6.01. The van der Waals surface area contributed by atoms with Gasteiger partial charge in [0.25, 0.3) is 0 Å². The van der Waals surface area contributed by atoms with Crippen LogP contribution in [0.25, 0.3) is 0 Å². The Balaban J connectivity index is 2.09. The average Bonchev–Trinajstić information content (AvgIpc) is 2.63. The number of halogens is 1. The van der Waals surface area contributed by atoms with E-state index in [0.717, 1.165) is 10.6 Å². The third kappa shape index (κ3) is 2.37. The van der Waals surface area contributed by atoms with Gasteiger partial charge in [-0.25, -0.2) is 4.68 Å². The van der Waals surface area contributed by atoms with Crippen molar-refractivity contribution in [3.63, 3.8) is 0 Å². The van der Waals surface area contributed by atoms with E-state index >= 15 is 0 Å². The largest absolute Gasteiger partial charge is 0.318 e. The molecule has 0 atom stereocenters. The van der Waals surface area contributed by atoms with E-state index in [1.807, 2.05) is 24.3 Å². The summed E-state index contributed by atoms with van der Waals surface area (Å²) in [7, 11) is 0. The Bertz CT molecular complexity index is 505. The number of nitrogens with one attached hydrogen (secondary N) is 2. The van der Waals surface area contributed by atoms with Gasteiger partial charge in [-0.05, 0) is 23.8 Å². The van der Waals surface area contributed by atoms with Crippen LogP contribution in [0.4, 0.5) is 0 Å². The summed E-state index contributed by atoms with van der Waals surface area (Å²) >= 11 is 11.0. The Morgan fingerprint density at radius 3 is 2.93 bits per heavy atom. The highest BCUT2D eigenvalue weighted by molar-refractivity contribution is 7.71. The number of H-pyrrole nitrogens is 1. The lowest BCUT2D eigenvalue weighted by molar-refractivity contribution is 0.825. The standard InChI is InChI=1S/C9H9ClN4S/c10-8-4-2-1-3-7(8)5-12-14-6-11-13-9(14)15/h1-4,6,12H,5H2,(H,13,15). The topological polar surface area (TPSA) is 45.6 Å². The summed E-state index contributed by atoms with van der Waals surface area (Å²) in [5.74, 6) is 0. The minimum Gasteiger partial charge on any atom is -0.318 e. The first-order chi connectivity index (χ1) is 7.27. The molecule has 1 aromatic carbocycles. The molecule has 0 aliphatic carbocycles. The molecule has 2 rings (SSSR count). The number of rotatable bonds is 3. The van der Waals surface area contributed by atoms with Crippen LogP contribution in [-0.4, -0.2) is 14.9 Å². The number of hydrogen-bond donors (Lipinski definition) is 2. The second-order valence-corrected chi connectivity index (χ2v) is 3.75. The zero-order valence-corrected chi connectivity index (χ0v) is 9.35. The number of benzene rings is 1. The van der Waals surface area contributed by atoms with Crippen LogP contribution in [0.1, 0.15) is 5.56 Å². The number of nitrogens with zero attached hydrogens (tertiary/aromatic N) is 2. The summed E-state index contributed by atoms with van der Waals surface area (Å²) in [6.45, 7) is 0.605. The molecule has 1 aromatic heterocycles. The van der Waals surface area contributed by atoms with E-state index in [0.29, 0.717) is 11.3 Å². The third-order valence-electron chi connectivity index (χ3n) is 1.95. The predicted octanol–water partition coefficient (Wildman–Crippen LogP) is 2.34. The number of aromatic nitrogens is 3. The van der Waals surface area contributed by atoms with Crippen LogP contribution < -0.4 is 5.43 Å². The zero-order chi connectivity index (χ0) is 10.7. The fourth-order valence-corrected chi connectivity index (χ4v) is 1.54. The Morgan fingerprint density at radius 1 is 1.47 bits per heavy atom. The van der Waals surface area contributed by atoms with Gasteiger partial charge in [-0.2, -0.15) is 5.10 Å². The summed E-state index contributed by atoms with van der Waals surface area (Å²) in [6, 6.07) is 7.65. The van der Waals surface area contributed by atoms with Crippen LogP contribution in [0, 0.1) is 4.77 Å². The van der Waals surface area contributed by atoms with Gasteiger partial charge in [0.05, 0.1) is 6.54 Å². The molecule has 0 unspecified atom stereocenters. The molecule has 4 nitrogen and oxygen atoms in total. The van der Waals surface area contributed by atoms with E-state index in [2.05, 4.69) is 15.6 Å². The van der Waals surface area contributed by atoms with Gasteiger partial charge in [0.1, 0.15) is 6.33 Å². The van der Waals surface area contributed by atoms with Crippen LogP contribution in [0.3, 0.4) is 0 Å². The summed E-state index contributed by atoms with van der Waals surface area (Å²) in [6.07, 6.45) is 1.58. The van der Waals surface area contributed by atoms with Gasteiger partial charge in [0.2, 0.25) is 4.77 Å². The molecule has 0 aliphatic heterocycles. The van der Waals surface area contributed by atoms with E-state index in [-0.39, 0.29) is 0 Å². The first kappa shape index (κ1) is 10.2. The van der Waals surface area contributed by atoms with Crippen LogP contribution in [-0.2, 0) is 6.54 Å². The highest BCUT2D eigenvalue weighted by Gasteiger charge is 1.98. The monoisotopic (exact) mass is 240 g/mol. The predicted molar refractivity (Wildman–Crippen MR) is 61.9 cm³/mol. The summed E-state index contributed by atoms with van der Waals surface area (Å²) in [5.41, 5.74) is 4.10. The van der Waals surface area contributed by atoms with Crippen molar-refractivity contribution in [1.82, 2.24) is 14.9 Å². The quantitative estimate of drug-likeness (QED) is 0.810. The Kier molecular flexibility index (Phi) is 3.03. The molecular weight excluding hydrogens is 232 g/mol. The third-order valence-corrected chi connectivity index (χ3v) is 2.61. The molecule has 2 aromatic rings. The van der Waals surface area contributed by atoms with Gasteiger partial charge >= 0.3 is 0 Å². The minimum absolute atomic E-state index is 0.530. The molecule has 0 saturated carbocycles. The smallest absolute Gasteiger partial charge is 0.214 e. The maximum absolute atomic E-state index is 6.01. The van der Waals surface area contributed by atoms with Crippen molar-refractivity contribution in [1.29, 1.82) is 0 Å². The van der Waals surface area contributed by atoms with Crippen molar-refractivity contribution in [3.05, 3.63) is 45.9 Å². The molecule has 78 valence electrons. The summed E-state index contributed by atoms with van der Waals surface area (Å²) < 4.78 is 2.17. The fourth-order valence-electron chi connectivity index (χ4n) is 1.17. The van der Waals surface area contributed by atoms with Gasteiger partial charge in [-0.15, -0.1) is 0 Å². The number of aromatic amines is 1. The first-order valence-corrected chi connectivity index (χ1v) is 5.15. The second-order valence-electron chi connectivity index (χ2n) is 2.96. The van der Waals surface area contributed by atoms with Gasteiger partial charge < -0.3 is 5.43 Å². The summed E-state index contributed by atoms with van der Waals surface area (Å²) in [4.78, 5) is 0. The van der Waals surface area contributed by atoms with Crippen molar-refractivity contribution in [2.24, 2.45) is 0 Å². The molecule has 0 amide bonds. The SMILES string of the molecule is S=c1[nH]ncn1NCc1ccccc1Cl. The van der Waals surface area contributed by atoms with Crippen LogP contribution in [0.15, 0.2) is 30.6 Å². The van der Waals surface area contributed by atoms with E-state index in [4.69, 9.17) is 23.8 Å². The van der Waals surface area contributed by atoms with Crippen molar-refractivity contribution in [2.45, 2.75) is 6.54 Å². The lowest BCUT2D eigenvalue weighted by atomic mass is 10.2. The highest BCUT2D eigenvalue weighted by atomic mass is 35.5. The first-order valence-electron chi connectivity index (χ1n) is 4.36. The van der Waals surface area contributed by atoms with Crippen LogP contribution in [0.2, 0.25) is 5.02 Å². The normalized spacial score (nSPS) is 10.2. The minimum atomic E-state index is 0.530. The lowest BCUT2D eigenvalue weighted by Crippen LogP contribution is -2.13. The zero-order valence-electron chi connectivity index (χ0n) is 7.77. The fraction of sp³-hybridized carbons (Fsp3) is 0.111. The molecule has 15 heavy (non-hydrogen) atoms. The van der Waals surface area contributed by atoms with E-state index in [9.17, 15) is 0 Å². The Hall–Kier alpha value is -1.33. The van der Waals surface area contributed by atoms with Crippen molar-refractivity contribution in [2.75, 3.05) is 5.43 Å². The second kappa shape index (κ2) is 4.46. The maximum Gasteiger partial charge on any atom is 0.214 e. The van der Waals surface area contributed by atoms with Gasteiger partial charge in [-0.1, -0.05) is 29.8 Å². The van der Waals surface area contributed by atoms with Gasteiger partial charge in [0, 0.05) is 5.02 Å². The highest BCUT2D eigenvalue weighted by Crippen LogP contribution is 2.14. The van der Waals surface area contributed by atoms with Gasteiger partial charge in [-0.3, -0.25) is 5.10 Å². The lowest BCUT2D eigenvalue weighted by Gasteiger charge is -2.07. The van der Waals surface area contributed by atoms with E-state index in [1.54, 1.807) is 11.0 Å².